The van der Waals surface area contributed by atoms with Crippen molar-refractivity contribution in [3.05, 3.63) is 33.8 Å². The molecule has 0 bridgehead atoms. The van der Waals surface area contributed by atoms with Crippen molar-refractivity contribution in [3.63, 3.8) is 0 Å². The Morgan fingerprint density at radius 3 is 2.39 bits per heavy atom. The molecule has 0 aromatic heterocycles. The number of benzene rings is 1. The Bertz CT molecular complexity index is 433. The molecular weight excluding hydrogens is 302 g/mol. The SMILES string of the molecule is CN(C)C(C)(C)C(N)Cc1c(F)ccc(Br)c1F. The van der Waals surface area contributed by atoms with Gasteiger partial charge in [-0.15, -0.1) is 0 Å². The summed E-state index contributed by atoms with van der Waals surface area (Å²) in [6, 6.07) is 2.24. The van der Waals surface area contributed by atoms with Crippen LogP contribution in [-0.2, 0) is 6.42 Å². The molecule has 2 nitrogen and oxygen atoms in total. The standard InChI is InChI=1S/C13H19BrF2N2/c1-13(2,18(3)4)11(17)7-8-10(15)6-5-9(14)12(8)16/h5-6,11H,7,17H2,1-4H3. The smallest absolute Gasteiger partial charge is 0.143 e. The van der Waals surface area contributed by atoms with E-state index in [1.165, 1.54) is 12.1 Å². The fourth-order valence-corrected chi connectivity index (χ4v) is 1.93. The van der Waals surface area contributed by atoms with E-state index in [-0.39, 0.29) is 28.0 Å². The van der Waals surface area contributed by atoms with Crippen LogP contribution >= 0.6 is 15.9 Å². The van der Waals surface area contributed by atoms with Gasteiger partial charge in [-0.2, -0.15) is 0 Å². The monoisotopic (exact) mass is 320 g/mol. The third kappa shape index (κ3) is 3.08. The molecule has 0 heterocycles. The molecule has 0 radical (unpaired) electrons. The van der Waals surface area contributed by atoms with Crippen molar-refractivity contribution in [1.29, 1.82) is 0 Å². The maximum atomic E-state index is 13.9. The highest BCUT2D eigenvalue weighted by atomic mass is 79.9. The van der Waals surface area contributed by atoms with Crippen LogP contribution in [0.15, 0.2) is 16.6 Å². The summed E-state index contributed by atoms with van der Waals surface area (Å²) < 4.78 is 27.8. The van der Waals surface area contributed by atoms with Gasteiger partial charge >= 0.3 is 0 Å². The topological polar surface area (TPSA) is 29.3 Å². The van der Waals surface area contributed by atoms with E-state index in [4.69, 9.17) is 5.73 Å². The molecule has 2 N–H and O–H groups in total. The van der Waals surface area contributed by atoms with Gasteiger partial charge in [0.25, 0.3) is 0 Å². The van der Waals surface area contributed by atoms with Gasteiger partial charge in [0, 0.05) is 17.1 Å². The first-order chi connectivity index (χ1) is 8.17. The maximum Gasteiger partial charge on any atom is 0.143 e. The minimum Gasteiger partial charge on any atom is -0.326 e. The van der Waals surface area contributed by atoms with Crippen LogP contribution in [0.4, 0.5) is 8.78 Å². The lowest BCUT2D eigenvalue weighted by Gasteiger charge is -2.38. The number of halogens is 3. The number of rotatable bonds is 4. The quantitative estimate of drug-likeness (QED) is 0.864. The van der Waals surface area contributed by atoms with Gasteiger partial charge in [-0.3, -0.25) is 0 Å². The van der Waals surface area contributed by atoms with E-state index in [1.54, 1.807) is 0 Å². The highest BCUT2D eigenvalue weighted by Gasteiger charge is 2.30. The van der Waals surface area contributed by atoms with Gasteiger partial charge in [-0.05, 0) is 62.4 Å². The average molecular weight is 321 g/mol. The molecule has 0 amide bonds. The van der Waals surface area contributed by atoms with Crippen LogP contribution in [0.3, 0.4) is 0 Å². The van der Waals surface area contributed by atoms with Gasteiger partial charge in [-0.25, -0.2) is 8.78 Å². The minimum absolute atomic E-state index is 0.0341. The first kappa shape index (κ1) is 15.5. The molecule has 0 saturated heterocycles. The summed E-state index contributed by atoms with van der Waals surface area (Å²) in [5.74, 6) is -1.12. The molecule has 0 aliphatic heterocycles. The molecule has 5 heteroatoms. The zero-order valence-electron chi connectivity index (χ0n) is 11.1. The summed E-state index contributed by atoms with van der Waals surface area (Å²) in [5.41, 5.74) is 5.77. The molecule has 1 atom stereocenters. The minimum atomic E-state index is -0.569. The predicted molar refractivity (Wildman–Crippen MR) is 73.5 cm³/mol. The molecule has 0 spiro atoms. The van der Waals surface area contributed by atoms with Crippen molar-refractivity contribution in [3.8, 4) is 0 Å². The van der Waals surface area contributed by atoms with Gasteiger partial charge in [-0.1, -0.05) is 0 Å². The number of nitrogens with two attached hydrogens (primary N) is 1. The summed E-state index contributed by atoms with van der Waals surface area (Å²) in [7, 11) is 3.79. The van der Waals surface area contributed by atoms with E-state index >= 15 is 0 Å². The van der Waals surface area contributed by atoms with Gasteiger partial charge in [0.1, 0.15) is 11.6 Å². The molecule has 18 heavy (non-hydrogen) atoms. The molecule has 1 rings (SSSR count). The van der Waals surface area contributed by atoms with Gasteiger partial charge in [0.2, 0.25) is 0 Å². The maximum absolute atomic E-state index is 13.9. The van der Waals surface area contributed by atoms with Crippen molar-refractivity contribution in [2.45, 2.75) is 31.8 Å². The van der Waals surface area contributed by atoms with Gasteiger partial charge in [0.05, 0.1) is 4.47 Å². The Kier molecular flexibility index (Phi) is 4.86. The molecule has 0 fully saturated rings. The number of hydrogen-bond donors (Lipinski definition) is 1. The fraction of sp³-hybridized carbons (Fsp3) is 0.538. The third-order valence-corrected chi connectivity index (χ3v) is 4.24. The molecular formula is C13H19BrF2N2. The molecule has 0 saturated carbocycles. The molecule has 102 valence electrons. The first-order valence-corrected chi connectivity index (χ1v) is 6.52. The molecule has 1 aromatic carbocycles. The highest BCUT2D eigenvalue weighted by Crippen LogP contribution is 2.25. The van der Waals surface area contributed by atoms with Crippen molar-refractivity contribution < 1.29 is 8.78 Å². The second-order valence-electron chi connectivity index (χ2n) is 5.18. The number of likely N-dealkylation sites (N-methyl/N-ethyl adjacent to an activating group) is 1. The second-order valence-corrected chi connectivity index (χ2v) is 6.03. The fourth-order valence-electron chi connectivity index (χ4n) is 1.56. The molecule has 0 aliphatic carbocycles. The summed E-state index contributed by atoms with van der Waals surface area (Å²) in [6.45, 7) is 3.90. The summed E-state index contributed by atoms with van der Waals surface area (Å²) in [4.78, 5) is 1.95. The summed E-state index contributed by atoms with van der Waals surface area (Å²) >= 11 is 3.06. The Labute approximate surface area is 115 Å². The Balaban J connectivity index is 3.02. The lowest BCUT2D eigenvalue weighted by Crippen LogP contribution is -2.54. The lowest BCUT2D eigenvalue weighted by molar-refractivity contribution is 0.157. The lowest BCUT2D eigenvalue weighted by atomic mass is 9.88. The van der Waals surface area contributed by atoms with Crippen LogP contribution in [0.1, 0.15) is 19.4 Å². The van der Waals surface area contributed by atoms with Crippen molar-refractivity contribution in [2.75, 3.05) is 14.1 Å². The molecule has 1 unspecified atom stereocenters. The number of hydrogen-bond acceptors (Lipinski definition) is 2. The third-order valence-electron chi connectivity index (χ3n) is 3.62. The van der Waals surface area contributed by atoms with Crippen LogP contribution in [0.5, 0.6) is 0 Å². The van der Waals surface area contributed by atoms with E-state index in [2.05, 4.69) is 15.9 Å². The predicted octanol–water partition coefficient (Wildman–Crippen LogP) is 2.94. The average Bonchev–Trinajstić information content (AvgIpc) is 2.29. The highest BCUT2D eigenvalue weighted by molar-refractivity contribution is 9.10. The second kappa shape index (κ2) is 5.63. The van der Waals surface area contributed by atoms with Crippen LogP contribution in [-0.4, -0.2) is 30.6 Å². The van der Waals surface area contributed by atoms with Crippen LogP contribution < -0.4 is 5.73 Å². The van der Waals surface area contributed by atoms with Crippen LogP contribution in [0.25, 0.3) is 0 Å². The Morgan fingerprint density at radius 1 is 1.33 bits per heavy atom. The van der Waals surface area contributed by atoms with Gasteiger partial charge < -0.3 is 10.6 Å². The molecule has 0 aliphatic rings. The van der Waals surface area contributed by atoms with Crippen LogP contribution in [0, 0.1) is 11.6 Å². The van der Waals surface area contributed by atoms with Crippen LogP contribution in [0.2, 0.25) is 0 Å². The molecule has 1 aromatic rings. The largest absolute Gasteiger partial charge is 0.326 e. The summed E-state index contributed by atoms with van der Waals surface area (Å²) in [5, 5.41) is 0. The first-order valence-electron chi connectivity index (χ1n) is 5.73. The Hall–Kier alpha value is -0.520. The zero-order chi connectivity index (χ0) is 14.1. The van der Waals surface area contributed by atoms with Crippen molar-refractivity contribution in [1.82, 2.24) is 4.90 Å². The van der Waals surface area contributed by atoms with E-state index < -0.39 is 11.6 Å². The normalized spacial score (nSPS) is 14.1. The van der Waals surface area contributed by atoms with E-state index in [9.17, 15) is 8.78 Å². The van der Waals surface area contributed by atoms with Crippen molar-refractivity contribution in [2.24, 2.45) is 5.73 Å². The number of nitrogens with zero attached hydrogens (tertiary/aromatic N) is 1. The Morgan fingerprint density at radius 2 is 1.89 bits per heavy atom. The summed E-state index contributed by atoms with van der Waals surface area (Å²) in [6.07, 6.45) is 0.155. The van der Waals surface area contributed by atoms with E-state index in [0.717, 1.165) is 0 Å². The van der Waals surface area contributed by atoms with Gasteiger partial charge in [0.15, 0.2) is 0 Å². The van der Waals surface area contributed by atoms with E-state index in [1.807, 2.05) is 32.8 Å². The zero-order valence-corrected chi connectivity index (χ0v) is 12.7. The van der Waals surface area contributed by atoms with E-state index in [0.29, 0.717) is 0 Å². The van der Waals surface area contributed by atoms with Crippen molar-refractivity contribution >= 4 is 15.9 Å².